The van der Waals surface area contributed by atoms with Crippen LogP contribution in [0.1, 0.15) is 24.7 Å². The topological polar surface area (TPSA) is 102 Å². The molecule has 9 heteroatoms. The van der Waals surface area contributed by atoms with Crippen molar-refractivity contribution >= 4 is 28.3 Å². The average Bonchev–Trinajstić information content (AvgIpc) is 3.52. The SMILES string of the molecule is CC(=O)NCc1ccc(-c2csc(NC(=O)CCc3cnn(-c4ccccc4)c3)n2)o1. The third kappa shape index (κ3) is 5.46. The van der Waals surface area contributed by atoms with Gasteiger partial charge in [-0.15, -0.1) is 11.3 Å². The molecule has 31 heavy (non-hydrogen) atoms. The highest BCUT2D eigenvalue weighted by atomic mass is 32.1. The van der Waals surface area contributed by atoms with Crippen molar-refractivity contribution in [2.45, 2.75) is 26.3 Å². The lowest BCUT2D eigenvalue weighted by Crippen LogP contribution is -2.18. The summed E-state index contributed by atoms with van der Waals surface area (Å²) in [5.74, 6) is 0.994. The number of hydrogen-bond donors (Lipinski definition) is 2. The van der Waals surface area contributed by atoms with E-state index in [0.29, 0.717) is 41.7 Å². The summed E-state index contributed by atoms with van der Waals surface area (Å²) in [6.07, 6.45) is 4.62. The first-order valence-corrected chi connectivity index (χ1v) is 10.6. The molecule has 158 valence electrons. The van der Waals surface area contributed by atoms with Gasteiger partial charge in [-0.25, -0.2) is 9.67 Å². The van der Waals surface area contributed by atoms with Gasteiger partial charge in [-0.3, -0.25) is 9.59 Å². The van der Waals surface area contributed by atoms with Gasteiger partial charge in [0.1, 0.15) is 11.5 Å². The molecule has 0 saturated carbocycles. The lowest BCUT2D eigenvalue weighted by Gasteiger charge is -2.01. The van der Waals surface area contributed by atoms with Gasteiger partial charge in [0, 0.05) is 24.9 Å². The number of aromatic nitrogens is 3. The Balaban J connectivity index is 1.29. The van der Waals surface area contributed by atoms with E-state index in [1.54, 1.807) is 23.0 Å². The minimum Gasteiger partial charge on any atom is -0.458 e. The van der Waals surface area contributed by atoms with Gasteiger partial charge in [0.2, 0.25) is 11.8 Å². The van der Waals surface area contributed by atoms with Gasteiger partial charge >= 0.3 is 0 Å². The molecular weight excluding hydrogens is 414 g/mol. The molecule has 0 aliphatic rings. The van der Waals surface area contributed by atoms with E-state index in [1.165, 1.54) is 18.3 Å². The van der Waals surface area contributed by atoms with E-state index in [-0.39, 0.29) is 11.8 Å². The van der Waals surface area contributed by atoms with Crippen molar-refractivity contribution in [2.24, 2.45) is 0 Å². The predicted octanol–water partition coefficient (Wildman–Crippen LogP) is 3.80. The van der Waals surface area contributed by atoms with E-state index in [4.69, 9.17) is 4.42 Å². The minimum absolute atomic E-state index is 0.112. The molecule has 3 aromatic heterocycles. The molecule has 1 aromatic carbocycles. The lowest BCUT2D eigenvalue weighted by molar-refractivity contribution is -0.119. The fourth-order valence-corrected chi connectivity index (χ4v) is 3.63. The van der Waals surface area contributed by atoms with Crippen molar-refractivity contribution in [2.75, 3.05) is 5.32 Å². The van der Waals surface area contributed by atoms with Crippen molar-refractivity contribution in [1.29, 1.82) is 0 Å². The van der Waals surface area contributed by atoms with E-state index in [2.05, 4.69) is 20.7 Å². The summed E-state index contributed by atoms with van der Waals surface area (Å²) < 4.78 is 7.49. The number of hydrogen-bond acceptors (Lipinski definition) is 6. The molecule has 8 nitrogen and oxygen atoms in total. The maximum atomic E-state index is 12.3. The highest BCUT2D eigenvalue weighted by molar-refractivity contribution is 7.14. The van der Waals surface area contributed by atoms with Gasteiger partial charge < -0.3 is 15.1 Å². The number of nitrogens with one attached hydrogen (secondary N) is 2. The number of carbonyl (C=O) groups is 2. The van der Waals surface area contributed by atoms with Crippen molar-refractivity contribution < 1.29 is 14.0 Å². The van der Waals surface area contributed by atoms with Gasteiger partial charge in [-0.2, -0.15) is 5.10 Å². The predicted molar refractivity (Wildman–Crippen MR) is 118 cm³/mol. The Morgan fingerprint density at radius 2 is 2.00 bits per heavy atom. The van der Waals surface area contributed by atoms with Gasteiger partial charge in [-0.1, -0.05) is 18.2 Å². The summed E-state index contributed by atoms with van der Waals surface area (Å²) in [7, 11) is 0. The first kappa shape index (κ1) is 20.5. The number of nitrogens with zero attached hydrogens (tertiary/aromatic N) is 3. The number of para-hydroxylation sites is 1. The maximum absolute atomic E-state index is 12.3. The molecule has 0 radical (unpaired) electrons. The molecular formula is C22H21N5O3S. The van der Waals surface area contributed by atoms with E-state index in [0.717, 1.165) is 11.3 Å². The van der Waals surface area contributed by atoms with Gasteiger partial charge in [0.25, 0.3) is 0 Å². The summed E-state index contributed by atoms with van der Waals surface area (Å²) in [6, 6.07) is 13.4. The Hall–Kier alpha value is -3.72. The second kappa shape index (κ2) is 9.40. The maximum Gasteiger partial charge on any atom is 0.226 e. The average molecular weight is 436 g/mol. The fourth-order valence-electron chi connectivity index (χ4n) is 2.92. The van der Waals surface area contributed by atoms with Gasteiger partial charge in [-0.05, 0) is 36.2 Å². The standard InChI is InChI=1S/C22H21N5O3S/c1-15(28)23-12-18-8-9-20(30-18)19-14-31-22(25-19)26-21(29)10-7-16-11-24-27(13-16)17-5-3-2-4-6-17/h2-6,8-9,11,13-14H,7,10,12H2,1H3,(H,23,28)(H,25,26,29). The Labute approximate surface area is 182 Å². The molecule has 0 fully saturated rings. The molecule has 4 aromatic rings. The van der Waals surface area contributed by atoms with Crippen LogP contribution < -0.4 is 10.6 Å². The first-order chi connectivity index (χ1) is 15.1. The Kier molecular flexibility index (Phi) is 6.23. The lowest BCUT2D eigenvalue weighted by atomic mass is 10.2. The third-order valence-electron chi connectivity index (χ3n) is 4.47. The van der Waals surface area contributed by atoms with Crippen molar-refractivity contribution in [3.63, 3.8) is 0 Å². The molecule has 0 saturated heterocycles. The molecule has 0 atom stereocenters. The van der Waals surface area contributed by atoms with Gasteiger partial charge in [0.15, 0.2) is 10.9 Å². The molecule has 0 aliphatic carbocycles. The molecule has 2 amide bonds. The van der Waals surface area contributed by atoms with E-state index >= 15 is 0 Å². The summed E-state index contributed by atoms with van der Waals surface area (Å²) in [6.45, 7) is 1.78. The van der Waals surface area contributed by atoms with Crippen LogP contribution in [0.4, 0.5) is 5.13 Å². The smallest absolute Gasteiger partial charge is 0.226 e. The molecule has 0 bridgehead atoms. The summed E-state index contributed by atoms with van der Waals surface area (Å²) in [4.78, 5) is 27.7. The second-order valence-electron chi connectivity index (χ2n) is 6.89. The zero-order chi connectivity index (χ0) is 21.6. The summed E-state index contributed by atoms with van der Waals surface area (Å²) in [5, 5.41) is 12.2. The largest absolute Gasteiger partial charge is 0.458 e. The van der Waals surface area contributed by atoms with Crippen LogP contribution in [0, 0.1) is 0 Å². The number of furan rings is 1. The number of anilines is 1. The zero-order valence-corrected chi connectivity index (χ0v) is 17.7. The van der Waals surface area contributed by atoms with Crippen molar-refractivity contribution in [3.8, 4) is 17.1 Å². The molecule has 2 N–H and O–H groups in total. The van der Waals surface area contributed by atoms with Crippen LogP contribution in [0.25, 0.3) is 17.1 Å². The highest BCUT2D eigenvalue weighted by Gasteiger charge is 2.12. The Bertz CT molecular complexity index is 1180. The van der Waals surface area contributed by atoms with Crippen LogP contribution in [0.3, 0.4) is 0 Å². The van der Waals surface area contributed by atoms with Crippen LogP contribution in [-0.2, 0) is 22.6 Å². The molecule has 0 unspecified atom stereocenters. The van der Waals surface area contributed by atoms with Gasteiger partial charge in [0.05, 0.1) is 18.4 Å². The van der Waals surface area contributed by atoms with Crippen LogP contribution in [0.2, 0.25) is 0 Å². The fraction of sp³-hybridized carbons (Fsp3) is 0.182. The molecule has 4 rings (SSSR count). The van der Waals surface area contributed by atoms with E-state index in [1.807, 2.05) is 41.9 Å². The Morgan fingerprint density at radius 1 is 1.16 bits per heavy atom. The summed E-state index contributed by atoms with van der Waals surface area (Å²) in [5.41, 5.74) is 2.60. The molecule has 0 spiro atoms. The number of amides is 2. The van der Waals surface area contributed by atoms with Crippen molar-refractivity contribution in [1.82, 2.24) is 20.1 Å². The third-order valence-corrected chi connectivity index (χ3v) is 5.23. The number of aryl methyl sites for hydroxylation is 1. The quantitative estimate of drug-likeness (QED) is 0.438. The van der Waals surface area contributed by atoms with E-state index in [9.17, 15) is 9.59 Å². The zero-order valence-electron chi connectivity index (χ0n) is 16.9. The Morgan fingerprint density at radius 3 is 2.81 bits per heavy atom. The van der Waals surface area contributed by atoms with Crippen LogP contribution in [-0.4, -0.2) is 26.6 Å². The monoisotopic (exact) mass is 435 g/mol. The highest BCUT2D eigenvalue weighted by Crippen LogP contribution is 2.26. The molecule has 0 aliphatic heterocycles. The number of carbonyl (C=O) groups excluding carboxylic acids is 2. The first-order valence-electron chi connectivity index (χ1n) is 9.75. The van der Waals surface area contributed by atoms with Crippen LogP contribution in [0.15, 0.2) is 64.7 Å². The summed E-state index contributed by atoms with van der Waals surface area (Å²) >= 11 is 1.33. The number of rotatable bonds is 8. The number of benzene rings is 1. The second-order valence-corrected chi connectivity index (χ2v) is 7.75. The van der Waals surface area contributed by atoms with Crippen LogP contribution >= 0.6 is 11.3 Å². The molecule has 3 heterocycles. The van der Waals surface area contributed by atoms with Crippen molar-refractivity contribution in [3.05, 3.63) is 71.6 Å². The minimum atomic E-state index is -0.121. The number of thiazole rings is 1. The van der Waals surface area contributed by atoms with Crippen LogP contribution in [0.5, 0.6) is 0 Å². The van der Waals surface area contributed by atoms with E-state index < -0.39 is 0 Å². The normalized spacial score (nSPS) is 10.7.